The van der Waals surface area contributed by atoms with E-state index in [-0.39, 0.29) is 0 Å². The van der Waals surface area contributed by atoms with E-state index in [0.29, 0.717) is 17.3 Å². The monoisotopic (exact) mass is 248 g/mol. The minimum atomic E-state index is 0.392. The van der Waals surface area contributed by atoms with Crippen molar-refractivity contribution < 1.29 is 4.74 Å². The maximum Gasteiger partial charge on any atom is 0.135 e. The van der Waals surface area contributed by atoms with E-state index >= 15 is 0 Å². The molecule has 2 aromatic rings. The van der Waals surface area contributed by atoms with Crippen molar-refractivity contribution in [3.63, 3.8) is 0 Å². The second-order valence-corrected chi connectivity index (χ2v) is 4.14. The Labute approximate surface area is 105 Å². The maximum atomic E-state index is 5.94. The summed E-state index contributed by atoms with van der Waals surface area (Å²) in [7, 11) is 0. The van der Waals surface area contributed by atoms with Gasteiger partial charge in [0.25, 0.3) is 0 Å². The molecule has 88 valence electrons. The Balaban J connectivity index is 2.34. The van der Waals surface area contributed by atoms with Crippen LogP contribution in [0.15, 0.2) is 36.7 Å². The zero-order valence-corrected chi connectivity index (χ0v) is 10.2. The molecule has 4 heteroatoms. The molecule has 0 aliphatic rings. The van der Waals surface area contributed by atoms with Gasteiger partial charge in [-0.25, -0.2) is 0 Å². The first kappa shape index (κ1) is 11.9. The molecule has 0 unspecified atom stereocenters. The first-order valence-electron chi connectivity index (χ1n) is 5.27. The van der Waals surface area contributed by atoms with Crippen molar-refractivity contribution >= 4 is 11.6 Å². The van der Waals surface area contributed by atoms with Crippen LogP contribution in [0.1, 0.15) is 11.1 Å². The number of aryl methyl sites for hydroxylation is 1. The van der Waals surface area contributed by atoms with E-state index in [0.717, 1.165) is 16.9 Å². The summed E-state index contributed by atoms with van der Waals surface area (Å²) in [6.07, 6.45) is 3.38. The van der Waals surface area contributed by atoms with Gasteiger partial charge in [-0.3, -0.25) is 4.98 Å². The molecule has 0 aliphatic heterocycles. The van der Waals surface area contributed by atoms with E-state index in [1.807, 2.05) is 19.1 Å². The molecule has 17 heavy (non-hydrogen) atoms. The number of nitrogens with two attached hydrogens (primary N) is 1. The zero-order chi connectivity index (χ0) is 12.3. The Morgan fingerprint density at radius 3 is 2.88 bits per heavy atom. The maximum absolute atomic E-state index is 5.94. The molecule has 2 N–H and O–H groups in total. The molecule has 0 amide bonds. The summed E-state index contributed by atoms with van der Waals surface area (Å²) in [6, 6.07) is 7.33. The first-order valence-corrected chi connectivity index (χ1v) is 5.65. The second-order valence-electron chi connectivity index (χ2n) is 3.70. The van der Waals surface area contributed by atoms with E-state index in [9.17, 15) is 0 Å². The topological polar surface area (TPSA) is 48.1 Å². The standard InChI is InChI=1S/C13H13ClN2O/c1-9-2-3-11(14)6-13(9)17-12-4-5-16-8-10(12)7-15/h2-6,8H,7,15H2,1H3. The second kappa shape index (κ2) is 5.17. The van der Waals surface area contributed by atoms with Crippen LogP contribution >= 0.6 is 11.6 Å². The number of rotatable bonds is 3. The largest absolute Gasteiger partial charge is 0.457 e. The molecule has 0 radical (unpaired) electrons. The summed E-state index contributed by atoms with van der Waals surface area (Å²) < 4.78 is 5.81. The third-order valence-electron chi connectivity index (χ3n) is 2.45. The Bertz CT molecular complexity index is 529. The molecule has 3 nitrogen and oxygen atoms in total. The van der Waals surface area contributed by atoms with Gasteiger partial charge in [0, 0.05) is 29.5 Å². The molecule has 0 saturated carbocycles. The number of aromatic nitrogens is 1. The van der Waals surface area contributed by atoms with Crippen LogP contribution in [0.25, 0.3) is 0 Å². The molecule has 1 heterocycles. The molecule has 0 bridgehead atoms. The summed E-state index contributed by atoms with van der Waals surface area (Å²) in [5.41, 5.74) is 7.52. The number of benzene rings is 1. The van der Waals surface area contributed by atoms with Gasteiger partial charge in [-0.15, -0.1) is 0 Å². The molecule has 0 saturated heterocycles. The quantitative estimate of drug-likeness (QED) is 0.907. The van der Waals surface area contributed by atoms with E-state index < -0.39 is 0 Å². The highest BCUT2D eigenvalue weighted by Crippen LogP contribution is 2.29. The SMILES string of the molecule is Cc1ccc(Cl)cc1Oc1ccncc1CN. The smallest absolute Gasteiger partial charge is 0.135 e. The number of ether oxygens (including phenoxy) is 1. The fraction of sp³-hybridized carbons (Fsp3) is 0.154. The highest BCUT2D eigenvalue weighted by atomic mass is 35.5. The van der Waals surface area contributed by atoms with Crippen molar-refractivity contribution in [1.82, 2.24) is 4.98 Å². The summed E-state index contributed by atoms with van der Waals surface area (Å²) >= 11 is 5.94. The van der Waals surface area contributed by atoms with Crippen molar-refractivity contribution in [1.29, 1.82) is 0 Å². The molecule has 1 aromatic carbocycles. The third-order valence-corrected chi connectivity index (χ3v) is 2.68. The Morgan fingerprint density at radius 1 is 1.29 bits per heavy atom. The van der Waals surface area contributed by atoms with Crippen molar-refractivity contribution in [3.05, 3.63) is 52.8 Å². The number of hydrogen-bond acceptors (Lipinski definition) is 3. The number of pyridine rings is 1. The van der Waals surface area contributed by atoms with E-state index in [4.69, 9.17) is 22.1 Å². The van der Waals surface area contributed by atoms with Gasteiger partial charge in [-0.05, 0) is 30.7 Å². The average Bonchev–Trinajstić information content (AvgIpc) is 2.34. The Hall–Kier alpha value is -1.58. The lowest BCUT2D eigenvalue weighted by Gasteiger charge is -2.11. The summed E-state index contributed by atoms with van der Waals surface area (Å²) in [5.74, 6) is 1.45. The fourth-order valence-electron chi connectivity index (χ4n) is 1.47. The molecule has 1 aromatic heterocycles. The summed E-state index contributed by atoms with van der Waals surface area (Å²) in [5, 5.41) is 0.647. The minimum Gasteiger partial charge on any atom is -0.457 e. The number of halogens is 1. The lowest BCUT2D eigenvalue weighted by molar-refractivity contribution is 0.472. The van der Waals surface area contributed by atoms with Gasteiger partial charge in [0.15, 0.2) is 0 Å². The van der Waals surface area contributed by atoms with Gasteiger partial charge in [-0.2, -0.15) is 0 Å². The van der Waals surface area contributed by atoms with Crippen LogP contribution in [0.2, 0.25) is 5.02 Å². The van der Waals surface area contributed by atoms with Crippen LogP contribution < -0.4 is 10.5 Å². The molecule has 0 spiro atoms. The van der Waals surface area contributed by atoms with Crippen LogP contribution in [-0.4, -0.2) is 4.98 Å². The van der Waals surface area contributed by atoms with E-state index in [1.54, 1.807) is 24.5 Å². The van der Waals surface area contributed by atoms with Crippen molar-refractivity contribution in [3.8, 4) is 11.5 Å². The van der Waals surface area contributed by atoms with Crippen LogP contribution in [0.4, 0.5) is 0 Å². The predicted octanol–water partition coefficient (Wildman–Crippen LogP) is 3.29. The molecule has 0 atom stereocenters. The van der Waals surface area contributed by atoms with Gasteiger partial charge in [0.05, 0.1) is 0 Å². The van der Waals surface area contributed by atoms with E-state index in [2.05, 4.69) is 4.98 Å². The van der Waals surface area contributed by atoms with Crippen LogP contribution in [0.5, 0.6) is 11.5 Å². The van der Waals surface area contributed by atoms with Gasteiger partial charge >= 0.3 is 0 Å². The third kappa shape index (κ3) is 2.75. The number of nitrogens with zero attached hydrogens (tertiary/aromatic N) is 1. The molecule has 0 fully saturated rings. The lowest BCUT2D eigenvalue weighted by Crippen LogP contribution is -2.00. The normalized spacial score (nSPS) is 10.3. The van der Waals surface area contributed by atoms with Gasteiger partial charge in [-0.1, -0.05) is 17.7 Å². The van der Waals surface area contributed by atoms with Crippen molar-refractivity contribution in [2.45, 2.75) is 13.5 Å². The zero-order valence-electron chi connectivity index (χ0n) is 9.48. The molecule has 0 aliphatic carbocycles. The molecular formula is C13H13ClN2O. The van der Waals surface area contributed by atoms with Gasteiger partial charge < -0.3 is 10.5 Å². The Kier molecular flexibility index (Phi) is 3.61. The lowest BCUT2D eigenvalue weighted by atomic mass is 10.2. The van der Waals surface area contributed by atoms with Crippen LogP contribution in [0, 0.1) is 6.92 Å². The van der Waals surface area contributed by atoms with Crippen molar-refractivity contribution in [2.75, 3.05) is 0 Å². The van der Waals surface area contributed by atoms with Gasteiger partial charge in [0.2, 0.25) is 0 Å². The predicted molar refractivity (Wildman–Crippen MR) is 68.4 cm³/mol. The first-order chi connectivity index (χ1) is 8.20. The average molecular weight is 249 g/mol. The minimum absolute atomic E-state index is 0.392. The van der Waals surface area contributed by atoms with Gasteiger partial charge in [0.1, 0.15) is 11.5 Å². The molecule has 2 rings (SSSR count). The van der Waals surface area contributed by atoms with Crippen LogP contribution in [-0.2, 0) is 6.54 Å². The molecular weight excluding hydrogens is 236 g/mol. The highest BCUT2D eigenvalue weighted by Gasteiger charge is 2.06. The highest BCUT2D eigenvalue weighted by molar-refractivity contribution is 6.30. The Morgan fingerprint density at radius 2 is 2.12 bits per heavy atom. The number of hydrogen-bond donors (Lipinski definition) is 1. The van der Waals surface area contributed by atoms with Crippen molar-refractivity contribution in [2.24, 2.45) is 5.73 Å². The van der Waals surface area contributed by atoms with E-state index in [1.165, 1.54) is 0 Å². The fourth-order valence-corrected chi connectivity index (χ4v) is 1.63. The summed E-state index contributed by atoms with van der Waals surface area (Å²) in [6.45, 7) is 2.36. The van der Waals surface area contributed by atoms with Crippen LogP contribution in [0.3, 0.4) is 0 Å². The summed E-state index contributed by atoms with van der Waals surface area (Å²) in [4.78, 5) is 4.01.